The first-order valence-electron chi connectivity index (χ1n) is 3.59. The number of carboxylic acid groups (broad SMARTS) is 2. The molecule has 0 aromatic rings. The second kappa shape index (κ2) is 9.84. The van der Waals surface area contributed by atoms with Crippen molar-refractivity contribution in [2.24, 2.45) is 0 Å². The molecule has 0 aliphatic heterocycles. The third-order valence-corrected chi connectivity index (χ3v) is 2.73. The summed E-state index contributed by atoms with van der Waals surface area (Å²) in [5.41, 5.74) is 0. The fourth-order valence-corrected chi connectivity index (χ4v) is 1.58. The first-order valence-corrected chi connectivity index (χ1v) is 5.09. The Morgan fingerprint density at radius 3 is 1.81 bits per heavy atom. The van der Waals surface area contributed by atoms with Gasteiger partial charge in [-0.05, 0) is 12.8 Å². The van der Waals surface area contributed by atoms with Crippen LogP contribution >= 0.6 is 0 Å². The Hall–Kier alpha value is 0.850. The quantitative estimate of drug-likeness (QED) is 0.374. The van der Waals surface area contributed by atoms with Crippen LogP contribution in [0.25, 0.3) is 0 Å². The Kier molecular flexibility index (Phi) is 13.6. The zero-order chi connectivity index (χ0) is 11.4. The van der Waals surface area contributed by atoms with Crippen molar-refractivity contribution in [3.63, 3.8) is 0 Å². The van der Waals surface area contributed by atoms with E-state index in [0.717, 1.165) is 0 Å². The molecular weight excluding hydrogens is 262 g/mol. The summed E-state index contributed by atoms with van der Waals surface area (Å²) in [7, 11) is -4.57. The van der Waals surface area contributed by atoms with Gasteiger partial charge in [0.15, 0.2) is 0 Å². The van der Waals surface area contributed by atoms with Gasteiger partial charge in [-0.25, -0.2) is 0 Å². The number of hydrogen-bond donors (Lipinski definition) is 1. The van der Waals surface area contributed by atoms with Gasteiger partial charge in [0.25, 0.3) is 10.1 Å². The van der Waals surface area contributed by atoms with Gasteiger partial charge in [0.2, 0.25) is 0 Å². The van der Waals surface area contributed by atoms with Crippen molar-refractivity contribution in [3.05, 3.63) is 0 Å². The molecule has 0 saturated carbocycles. The standard InChI is InChI=1S/C6H10O7S.2Na/c7-5(8)2-1-4(3-6(9)10)14(11,12)13;;/h4H,1-3H2,(H,7,8)(H,9,10)(H,11,12,13);;/q;2*+1/p-2. The van der Waals surface area contributed by atoms with Crippen LogP contribution in [0.2, 0.25) is 0 Å². The van der Waals surface area contributed by atoms with E-state index >= 15 is 0 Å². The van der Waals surface area contributed by atoms with Crippen LogP contribution in [0.15, 0.2) is 0 Å². The monoisotopic (exact) mass is 270 g/mol. The van der Waals surface area contributed by atoms with Crippen molar-refractivity contribution < 1.29 is 91.9 Å². The van der Waals surface area contributed by atoms with Gasteiger partial charge in [0.1, 0.15) is 0 Å². The molecule has 0 aromatic heterocycles. The molecule has 0 saturated heterocycles. The summed E-state index contributed by atoms with van der Waals surface area (Å²) in [5, 5.41) is 18.4. The molecule has 1 N–H and O–H groups in total. The summed E-state index contributed by atoms with van der Waals surface area (Å²) >= 11 is 0. The molecule has 7 nitrogen and oxygen atoms in total. The first-order chi connectivity index (χ1) is 6.23. The fourth-order valence-electron chi connectivity index (χ4n) is 0.821. The van der Waals surface area contributed by atoms with Gasteiger partial charge in [0, 0.05) is 18.4 Å². The Bertz CT molecular complexity index is 326. The fraction of sp³-hybridized carbons (Fsp3) is 0.667. The normalized spacial score (nSPS) is 11.8. The van der Waals surface area contributed by atoms with Gasteiger partial charge in [-0.1, -0.05) is 0 Å². The molecule has 0 rings (SSSR count). The molecule has 0 amide bonds. The van der Waals surface area contributed by atoms with Crippen molar-refractivity contribution >= 4 is 22.1 Å². The Labute approximate surface area is 137 Å². The van der Waals surface area contributed by atoms with Crippen LogP contribution in [0, 0.1) is 0 Å². The Morgan fingerprint density at radius 2 is 1.56 bits per heavy atom. The van der Waals surface area contributed by atoms with E-state index in [1.54, 1.807) is 0 Å². The number of aliphatic carboxylic acids is 2. The molecule has 16 heavy (non-hydrogen) atoms. The van der Waals surface area contributed by atoms with E-state index in [0.29, 0.717) is 0 Å². The maximum Gasteiger partial charge on any atom is 1.00 e. The van der Waals surface area contributed by atoms with Crippen LogP contribution in [0.1, 0.15) is 19.3 Å². The summed E-state index contributed by atoms with van der Waals surface area (Å²) < 4.78 is 29.6. The van der Waals surface area contributed by atoms with Gasteiger partial charge < -0.3 is 19.8 Å². The molecule has 10 heteroatoms. The van der Waals surface area contributed by atoms with Crippen molar-refractivity contribution in [2.45, 2.75) is 24.5 Å². The molecule has 0 aliphatic carbocycles. The van der Waals surface area contributed by atoms with Crippen LogP contribution in [0.3, 0.4) is 0 Å². The average Bonchev–Trinajstić information content (AvgIpc) is 1.94. The van der Waals surface area contributed by atoms with Gasteiger partial charge in [-0.3, -0.25) is 4.55 Å². The number of carboxylic acids is 2. The predicted octanol–water partition coefficient (Wildman–Crippen LogP) is -9.08. The van der Waals surface area contributed by atoms with Crippen molar-refractivity contribution in [1.29, 1.82) is 0 Å². The summed E-state index contributed by atoms with van der Waals surface area (Å²) in [6.45, 7) is 0. The largest absolute Gasteiger partial charge is 1.00 e. The van der Waals surface area contributed by atoms with E-state index in [1.807, 2.05) is 0 Å². The molecule has 0 aromatic carbocycles. The van der Waals surface area contributed by atoms with Gasteiger partial charge in [0.05, 0.1) is 5.25 Å². The van der Waals surface area contributed by atoms with Crippen LogP contribution < -0.4 is 69.3 Å². The topological polar surface area (TPSA) is 135 Å². The van der Waals surface area contributed by atoms with Gasteiger partial charge in [-0.15, -0.1) is 0 Å². The van der Waals surface area contributed by atoms with E-state index in [-0.39, 0.29) is 59.1 Å². The second-order valence-electron chi connectivity index (χ2n) is 2.62. The third-order valence-electron chi connectivity index (χ3n) is 1.49. The average molecular weight is 270 g/mol. The predicted molar refractivity (Wildman–Crippen MR) is 39.2 cm³/mol. The molecule has 0 fully saturated rings. The first kappa shape index (κ1) is 22.1. The van der Waals surface area contributed by atoms with Gasteiger partial charge in [-0.2, -0.15) is 8.42 Å². The van der Waals surface area contributed by atoms with E-state index < -0.39 is 46.6 Å². The minimum Gasteiger partial charge on any atom is -0.550 e. The Morgan fingerprint density at radius 1 is 1.12 bits per heavy atom. The molecule has 0 radical (unpaired) electrons. The number of hydrogen-bond acceptors (Lipinski definition) is 6. The maximum absolute atomic E-state index is 10.5. The van der Waals surface area contributed by atoms with Crippen molar-refractivity contribution in [1.82, 2.24) is 0 Å². The maximum atomic E-state index is 10.5. The van der Waals surface area contributed by atoms with Crippen LogP contribution in [0.4, 0.5) is 0 Å². The third kappa shape index (κ3) is 11.3. The summed E-state index contributed by atoms with van der Waals surface area (Å²) in [5.74, 6) is -3.19. The molecule has 0 aliphatic rings. The minimum absolute atomic E-state index is 0. The second-order valence-corrected chi connectivity index (χ2v) is 4.32. The molecule has 0 spiro atoms. The molecular formula is C6H8Na2O7S. The number of carbonyl (C=O) groups is 2. The Balaban J connectivity index is -0.000000845. The molecule has 82 valence electrons. The molecule has 0 heterocycles. The molecule has 1 unspecified atom stereocenters. The zero-order valence-corrected chi connectivity index (χ0v) is 13.8. The van der Waals surface area contributed by atoms with Crippen LogP contribution in [0.5, 0.6) is 0 Å². The van der Waals surface area contributed by atoms with Crippen LogP contribution in [-0.2, 0) is 19.7 Å². The van der Waals surface area contributed by atoms with Crippen molar-refractivity contribution in [2.75, 3.05) is 0 Å². The molecule has 1 atom stereocenters. The van der Waals surface area contributed by atoms with Crippen LogP contribution in [-0.4, -0.2) is 30.2 Å². The zero-order valence-electron chi connectivity index (χ0n) is 9.00. The van der Waals surface area contributed by atoms with E-state index in [2.05, 4.69) is 0 Å². The number of rotatable bonds is 6. The summed E-state index contributed by atoms with van der Waals surface area (Å²) in [6.07, 6.45) is -2.10. The van der Waals surface area contributed by atoms with E-state index in [1.165, 1.54) is 0 Å². The van der Waals surface area contributed by atoms with E-state index in [4.69, 9.17) is 4.55 Å². The van der Waals surface area contributed by atoms with E-state index in [9.17, 15) is 28.2 Å². The van der Waals surface area contributed by atoms with Crippen molar-refractivity contribution in [3.8, 4) is 0 Å². The number of carbonyl (C=O) groups excluding carboxylic acids is 2. The smallest absolute Gasteiger partial charge is 0.550 e. The summed E-state index contributed by atoms with van der Waals surface area (Å²) in [4.78, 5) is 20.0. The molecule has 0 bridgehead atoms. The SMILES string of the molecule is O=C([O-])CCC(CC(=O)[O-])S(=O)(=O)O.[Na+].[Na+]. The summed E-state index contributed by atoms with van der Waals surface area (Å²) in [6, 6.07) is 0. The minimum atomic E-state index is -4.57. The van der Waals surface area contributed by atoms with Gasteiger partial charge >= 0.3 is 59.1 Å².